The van der Waals surface area contributed by atoms with Gasteiger partial charge in [0.15, 0.2) is 0 Å². The van der Waals surface area contributed by atoms with Gasteiger partial charge in [-0.25, -0.2) is 0 Å². The molecule has 0 N–H and O–H groups in total. The third-order valence-corrected chi connectivity index (χ3v) is 3.79. The summed E-state index contributed by atoms with van der Waals surface area (Å²) >= 11 is 1.51. The molecule has 4 aromatic carbocycles. The van der Waals surface area contributed by atoms with Gasteiger partial charge in [-0.1, -0.05) is 23.3 Å². The molecule has 0 atom stereocenters. The molecule has 114 valence electrons. The second-order valence-electron chi connectivity index (χ2n) is 5.50. The van der Waals surface area contributed by atoms with Crippen molar-refractivity contribution in [1.29, 1.82) is 0 Å². The van der Waals surface area contributed by atoms with E-state index < -0.39 is 0 Å². The third-order valence-electron chi connectivity index (χ3n) is 3.79. The predicted molar refractivity (Wildman–Crippen MR) is 100 cm³/mol. The van der Waals surface area contributed by atoms with E-state index in [-0.39, 0.29) is 0 Å². The summed E-state index contributed by atoms with van der Waals surface area (Å²) in [4.78, 5) is 0. The third kappa shape index (κ3) is 4.69. The van der Waals surface area contributed by atoms with E-state index in [2.05, 4.69) is 90.4 Å². The van der Waals surface area contributed by atoms with Crippen LogP contribution in [0.25, 0.3) is 21.5 Å². The number of aryl methyl sites for hydroxylation is 2. The van der Waals surface area contributed by atoms with E-state index >= 15 is 0 Å². The molecule has 0 saturated carbocycles. The summed E-state index contributed by atoms with van der Waals surface area (Å²) in [5, 5.41) is 5.45. The maximum Gasteiger partial charge on any atom is -0.0488 e. The predicted octanol–water partition coefficient (Wildman–Crippen LogP) is 6.09. The molecular weight excluding hydrogens is 355 g/mol. The molecule has 1 heteroatoms. The molecule has 0 saturated heterocycles. The first-order chi connectivity index (χ1) is 11.2. The summed E-state index contributed by atoms with van der Waals surface area (Å²) in [7, 11) is 0. The Morgan fingerprint density at radius 2 is 1.13 bits per heavy atom. The zero-order chi connectivity index (χ0) is 16.7. The molecule has 0 amide bonds. The van der Waals surface area contributed by atoms with Crippen LogP contribution < -0.4 is 0 Å². The fourth-order valence-electron chi connectivity index (χ4n) is 2.65. The van der Waals surface area contributed by atoms with Gasteiger partial charge in [0.05, 0.1) is 0 Å². The van der Waals surface area contributed by atoms with Gasteiger partial charge in [0, 0.05) is 0 Å². The van der Waals surface area contributed by atoms with Crippen LogP contribution in [0.2, 0.25) is 0 Å². The minimum Gasteiger partial charge on any atom is -0.168 e. The molecular formula is C22H22Zr. The fourth-order valence-corrected chi connectivity index (χ4v) is 2.65. The van der Waals surface area contributed by atoms with Crippen LogP contribution in [0.4, 0.5) is 0 Å². The Bertz CT molecular complexity index is 805. The van der Waals surface area contributed by atoms with Gasteiger partial charge < -0.3 is 0 Å². The van der Waals surface area contributed by atoms with E-state index in [0.29, 0.717) is 0 Å². The minimum absolute atomic E-state index is 1.35. The van der Waals surface area contributed by atoms with Gasteiger partial charge in [0.1, 0.15) is 0 Å². The van der Waals surface area contributed by atoms with Crippen LogP contribution in [-0.4, -0.2) is 3.71 Å². The summed E-state index contributed by atoms with van der Waals surface area (Å²) in [6, 6.07) is 25.5. The van der Waals surface area contributed by atoms with E-state index in [4.69, 9.17) is 0 Å². The van der Waals surface area contributed by atoms with Crippen molar-refractivity contribution in [3.63, 3.8) is 0 Å². The Labute approximate surface area is 153 Å². The van der Waals surface area contributed by atoms with Crippen molar-refractivity contribution in [1.82, 2.24) is 0 Å². The Hall–Kier alpha value is -1.59. The second kappa shape index (κ2) is 8.89. The summed E-state index contributed by atoms with van der Waals surface area (Å²) in [5.74, 6) is 0. The van der Waals surface area contributed by atoms with Gasteiger partial charge in [-0.2, -0.15) is 24.3 Å². The molecule has 0 nitrogen and oxygen atoms in total. The van der Waals surface area contributed by atoms with E-state index in [1.165, 1.54) is 56.9 Å². The van der Waals surface area contributed by atoms with Crippen LogP contribution >= 0.6 is 0 Å². The van der Waals surface area contributed by atoms with Crippen LogP contribution in [0.15, 0.2) is 72.8 Å². The van der Waals surface area contributed by atoms with E-state index in [1.54, 1.807) is 0 Å². The van der Waals surface area contributed by atoms with Crippen LogP contribution in [0, 0.1) is 13.8 Å². The molecule has 0 aliphatic heterocycles. The van der Waals surface area contributed by atoms with Gasteiger partial charge in [0.25, 0.3) is 0 Å². The molecule has 23 heavy (non-hydrogen) atoms. The Morgan fingerprint density at radius 3 is 1.48 bits per heavy atom. The first-order valence-electron chi connectivity index (χ1n) is 7.84. The average molecular weight is 378 g/mol. The van der Waals surface area contributed by atoms with Crippen LogP contribution in [0.5, 0.6) is 0 Å². The van der Waals surface area contributed by atoms with Crippen LogP contribution in [0.1, 0.15) is 18.1 Å². The van der Waals surface area contributed by atoms with Crippen molar-refractivity contribution < 1.29 is 24.2 Å². The largest absolute Gasteiger partial charge is 0.168 e. The standard InChI is InChI=1S/2C10H9.C2H4.Zr/c2*1-8-4-2-5-9-6-3-7-10(8)9;1-2;/h2*2-7H,1H3;1H,2H3;/q2*-1;;+2. The smallest absolute Gasteiger partial charge is 0.0488 e. The van der Waals surface area contributed by atoms with Gasteiger partial charge in [0.2, 0.25) is 0 Å². The van der Waals surface area contributed by atoms with E-state index in [0.717, 1.165) is 0 Å². The van der Waals surface area contributed by atoms with Crippen molar-refractivity contribution in [2.75, 3.05) is 0 Å². The Kier molecular flexibility index (Phi) is 6.87. The fraction of sp³-hybridized carbons (Fsp3) is 0.136. The number of hydrogen-bond donors (Lipinski definition) is 0. The van der Waals surface area contributed by atoms with Gasteiger partial charge in [-0.3, -0.25) is 0 Å². The van der Waals surface area contributed by atoms with Crippen molar-refractivity contribution in [3.05, 3.63) is 83.9 Å². The van der Waals surface area contributed by atoms with Crippen LogP contribution in [-0.2, 0) is 24.2 Å². The van der Waals surface area contributed by atoms with Gasteiger partial charge in [-0.15, -0.1) is 57.9 Å². The molecule has 0 spiro atoms. The molecule has 0 unspecified atom stereocenters. The van der Waals surface area contributed by atoms with Crippen LogP contribution in [0.3, 0.4) is 0 Å². The first kappa shape index (κ1) is 17.8. The van der Waals surface area contributed by atoms with Gasteiger partial charge in [-0.05, 0) is 13.8 Å². The van der Waals surface area contributed by atoms with Crippen molar-refractivity contribution in [3.8, 4) is 0 Å². The summed E-state index contributed by atoms with van der Waals surface area (Å²) < 4.78 is 2.09. The molecule has 0 fully saturated rings. The zero-order valence-electron chi connectivity index (χ0n) is 14.0. The normalized spacial score (nSPS) is 9.78. The molecule has 0 bridgehead atoms. The molecule has 0 aromatic heterocycles. The summed E-state index contributed by atoms with van der Waals surface area (Å²) in [6.07, 6.45) is 0. The van der Waals surface area contributed by atoms with Crippen molar-refractivity contribution in [2.24, 2.45) is 0 Å². The maximum absolute atomic E-state index is 2.16. The summed E-state index contributed by atoms with van der Waals surface area (Å²) in [6.45, 7) is 6.32. The monoisotopic (exact) mass is 376 g/mol. The molecule has 4 aromatic rings. The quantitative estimate of drug-likeness (QED) is 0.325. The second-order valence-corrected chi connectivity index (χ2v) is 6.92. The molecule has 0 aliphatic carbocycles. The van der Waals surface area contributed by atoms with Gasteiger partial charge >= 0.3 is 34.9 Å². The number of rotatable bonds is 0. The van der Waals surface area contributed by atoms with E-state index in [9.17, 15) is 0 Å². The number of benzene rings is 2. The Balaban J connectivity index is 0.000000143. The average Bonchev–Trinajstić information content (AvgIpc) is 3.18. The first-order valence-corrected chi connectivity index (χ1v) is 9.26. The SMILES string of the molecule is C[CH]=[Zr+2].Cc1cccc2[cH-]ccc12.Cc1cccc2[cH-]ccc12. The number of hydrogen-bond acceptors (Lipinski definition) is 0. The molecule has 0 aliphatic rings. The zero-order valence-corrected chi connectivity index (χ0v) is 16.5. The molecule has 0 radical (unpaired) electrons. The Morgan fingerprint density at radius 1 is 0.739 bits per heavy atom. The van der Waals surface area contributed by atoms with Crippen molar-refractivity contribution in [2.45, 2.75) is 20.8 Å². The molecule has 0 heterocycles. The maximum atomic E-state index is 2.16. The minimum atomic E-state index is 1.35. The van der Waals surface area contributed by atoms with E-state index in [1.807, 2.05) is 6.92 Å². The summed E-state index contributed by atoms with van der Waals surface area (Å²) in [5.41, 5.74) is 2.73. The number of fused-ring (bicyclic) bond motifs is 2. The topological polar surface area (TPSA) is 0 Å². The van der Waals surface area contributed by atoms with Crippen molar-refractivity contribution >= 4 is 25.3 Å². The molecule has 4 rings (SSSR count).